The van der Waals surface area contributed by atoms with Crippen LogP contribution in [0.15, 0.2) is 35.1 Å². The number of likely N-dealkylation sites (N-methyl/N-ethyl adjacent to an activating group) is 1. The summed E-state index contributed by atoms with van der Waals surface area (Å²) in [5, 5.41) is 4.36. The Labute approximate surface area is 136 Å². The molecule has 5 heteroatoms. The van der Waals surface area contributed by atoms with E-state index in [0.717, 1.165) is 5.56 Å². The average Bonchev–Trinajstić information content (AvgIpc) is 2.53. The van der Waals surface area contributed by atoms with E-state index in [-0.39, 0.29) is 18.0 Å². The van der Waals surface area contributed by atoms with E-state index in [1.807, 2.05) is 39.0 Å². The lowest BCUT2D eigenvalue weighted by molar-refractivity contribution is -0.131. The summed E-state index contributed by atoms with van der Waals surface area (Å²) in [5.74, 6) is -0.0955. The van der Waals surface area contributed by atoms with Crippen LogP contribution < -0.4 is 5.56 Å². The highest BCUT2D eigenvalue weighted by Gasteiger charge is 2.12. The third-order valence-corrected chi connectivity index (χ3v) is 4.07. The molecule has 0 aliphatic carbocycles. The Morgan fingerprint density at radius 3 is 2.39 bits per heavy atom. The lowest BCUT2D eigenvalue weighted by Crippen LogP contribution is -2.37. The first kappa shape index (κ1) is 16.9. The summed E-state index contributed by atoms with van der Waals surface area (Å²) < 4.78 is 1.24. The molecule has 0 N–H and O–H groups in total. The Morgan fingerprint density at radius 2 is 1.78 bits per heavy atom. The molecule has 5 nitrogen and oxygen atoms in total. The molecule has 0 radical (unpaired) electrons. The van der Waals surface area contributed by atoms with Gasteiger partial charge in [-0.2, -0.15) is 5.10 Å². The fraction of sp³-hybridized carbons (Fsp3) is 0.389. The van der Waals surface area contributed by atoms with Gasteiger partial charge in [0.15, 0.2) is 0 Å². The molecular formula is C18H23N3O2. The lowest BCUT2D eigenvalue weighted by Gasteiger charge is -2.18. The van der Waals surface area contributed by atoms with Gasteiger partial charge in [-0.25, -0.2) is 4.68 Å². The van der Waals surface area contributed by atoms with Crippen LogP contribution in [0, 0.1) is 13.8 Å². The van der Waals surface area contributed by atoms with E-state index in [9.17, 15) is 9.59 Å². The van der Waals surface area contributed by atoms with Gasteiger partial charge < -0.3 is 4.90 Å². The van der Waals surface area contributed by atoms with E-state index in [2.05, 4.69) is 12.0 Å². The molecule has 23 heavy (non-hydrogen) atoms. The van der Waals surface area contributed by atoms with Crippen LogP contribution >= 0.6 is 0 Å². The van der Waals surface area contributed by atoms with Gasteiger partial charge in [-0.1, -0.05) is 12.1 Å². The minimum Gasteiger partial charge on any atom is -0.342 e. The Balaban J connectivity index is 2.34. The van der Waals surface area contributed by atoms with E-state index in [0.29, 0.717) is 18.8 Å². The highest BCUT2D eigenvalue weighted by molar-refractivity contribution is 5.75. The van der Waals surface area contributed by atoms with Gasteiger partial charge in [0.1, 0.15) is 6.54 Å². The van der Waals surface area contributed by atoms with Gasteiger partial charge in [0, 0.05) is 24.7 Å². The number of carbonyl (C=O) groups excluding carboxylic acids is 1. The number of amides is 1. The van der Waals surface area contributed by atoms with E-state index in [4.69, 9.17) is 0 Å². The maximum atomic E-state index is 12.2. The van der Waals surface area contributed by atoms with Crippen molar-refractivity contribution in [3.63, 3.8) is 0 Å². The summed E-state index contributed by atoms with van der Waals surface area (Å²) in [5.41, 5.74) is 3.75. The van der Waals surface area contributed by atoms with E-state index >= 15 is 0 Å². The van der Waals surface area contributed by atoms with Gasteiger partial charge in [0.2, 0.25) is 5.91 Å². The molecule has 1 heterocycles. The van der Waals surface area contributed by atoms with Crippen molar-refractivity contribution in [2.24, 2.45) is 0 Å². The summed E-state index contributed by atoms with van der Waals surface area (Å²) >= 11 is 0. The second kappa shape index (κ2) is 7.22. The molecule has 0 fully saturated rings. The van der Waals surface area contributed by atoms with Crippen LogP contribution in [-0.2, 0) is 11.3 Å². The zero-order chi connectivity index (χ0) is 17.0. The first-order valence-electron chi connectivity index (χ1n) is 7.89. The molecule has 0 saturated heterocycles. The smallest absolute Gasteiger partial charge is 0.267 e. The first-order valence-corrected chi connectivity index (χ1v) is 7.89. The fourth-order valence-corrected chi connectivity index (χ4v) is 2.42. The van der Waals surface area contributed by atoms with Crippen molar-refractivity contribution in [2.75, 3.05) is 13.1 Å². The number of aromatic nitrogens is 2. The van der Waals surface area contributed by atoms with Crippen molar-refractivity contribution < 1.29 is 4.79 Å². The first-order chi connectivity index (χ1) is 11.0. The number of aryl methyl sites for hydroxylation is 2. The fourth-order valence-electron chi connectivity index (χ4n) is 2.42. The van der Waals surface area contributed by atoms with E-state index in [1.54, 1.807) is 11.0 Å². The molecule has 0 aliphatic rings. The second-order valence-electron chi connectivity index (χ2n) is 5.58. The highest BCUT2D eigenvalue weighted by Crippen LogP contribution is 2.19. The third-order valence-electron chi connectivity index (χ3n) is 4.07. The summed E-state index contributed by atoms with van der Waals surface area (Å²) in [4.78, 5) is 25.9. The monoisotopic (exact) mass is 313 g/mol. The lowest BCUT2D eigenvalue weighted by atomic mass is 10.0. The number of hydrogen-bond acceptors (Lipinski definition) is 3. The molecule has 0 unspecified atom stereocenters. The van der Waals surface area contributed by atoms with Crippen molar-refractivity contribution >= 4 is 5.91 Å². The molecule has 0 aliphatic heterocycles. The van der Waals surface area contributed by atoms with Gasteiger partial charge in [-0.15, -0.1) is 0 Å². The summed E-state index contributed by atoms with van der Waals surface area (Å²) in [6, 6.07) is 9.21. The van der Waals surface area contributed by atoms with E-state index in [1.165, 1.54) is 21.9 Å². The van der Waals surface area contributed by atoms with Crippen LogP contribution in [0.25, 0.3) is 11.3 Å². The van der Waals surface area contributed by atoms with Crippen molar-refractivity contribution in [2.45, 2.75) is 34.2 Å². The Bertz CT molecular complexity index is 761. The number of benzene rings is 1. The number of rotatable bonds is 5. The van der Waals surface area contributed by atoms with Crippen LogP contribution in [0.4, 0.5) is 0 Å². The molecule has 2 rings (SSSR count). The van der Waals surface area contributed by atoms with Crippen molar-refractivity contribution in [1.82, 2.24) is 14.7 Å². The molecule has 0 saturated carbocycles. The maximum absolute atomic E-state index is 12.2. The summed E-state index contributed by atoms with van der Waals surface area (Å²) in [6.07, 6.45) is 0. The summed E-state index contributed by atoms with van der Waals surface area (Å²) in [6.45, 7) is 9.15. The minimum atomic E-state index is -0.266. The quantitative estimate of drug-likeness (QED) is 0.851. The molecule has 2 aromatic rings. The Morgan fingerprint density at radius 1 is 1.09 bits per heavy atom. The molecule has 0 spiro atoms. The number of hydrogen-bond donors (Lipinski definition) is 0. The van der Waals surface area contributed by atoms with Gasteiger partial charge in [-0.05, 0) is 51.0 Å². The predicted molar refractivity (Wildman–Crippen MR) is 91.3 cm³/mol. The zero-order valence-electron chi connectivity index (χ0n) is 14.2. The average molecular weight is 313 g/mol. The normalized spacial score (nSPS) is 10.6. The van der Waals surface area contributed by atoms with Gasteiger partial charge in [-0.3, -0.25) is 9.59 Å². The molecule has 0 atom stereocenters. The minimum absolute atomic E-state index is 0.0286. The van der Waals surface area contributed by atoms with Crippen LogP contribution in [0.3, 0.4) is 0 Å². The molecule has 0 bridgehead atoms. The van der Waals surface area contributed by atoms with Crippen LogP contribution in [0.5, 0.6) is 0 Å². The van der Waals surface area contributed by atoms with Crippen LogP contribution in [0.1, 0.15) is 25.0 Å². The van der Waals surface area contributed by atoms with Crippen LogP contribution in [0.2, 0.25) is 0 Å². The highest BCUT2D eigenvalue weighted by atomic mass is 16.2. The topological polar surface area (TPSA) is 55.2 Å². The van der Waals surface area contributed by atoms with Gasteiger partial charge in [0.25, 0.3) is 5.56 Å². The van der Waals surface area contributed by atoms with Crippen LogP contribution in [-0.4, -0.2) is 33.7 Å². The van der Waals surface area contributed by atoms with Crippen molar-refractivity contribution in [1.29, 1.82) is 0 Å². The predicted octanol–water partition coefficient (Wildman–Crippen LogP) is 2.40. The third kappa shape index (κ3) is 3.86. The van der Waals surface area contributed by atoms with Gasteiger partial charge >= 0.3 is 0 Å². The second-order valence-corrected chi connectivity index (χ2v) is 5.58. The molecule has 1 amide bonds. The Kier molecular flexibility index (Phi) is 5.32. The summed E-state index contributed by atoms with van der Waals surface area (Å²) in [7, 11) is 0. The molecular weight excluding hydrogens is 290 g/mol. The van der Waals surface area contributed by atoms with Crippen molar-refractivity contribution in [3.8, 4) is 11.3 Å². The largest absolute Gasteiger partial charge is 0.342 e. The van der Waals surface area contributed by atoms with E-state index < -0.39 is 0 Å². The standard InChI is InChI=1S/C18H23N3O2/c1-5-20(6-2)18(23)12-21-17(22)10-9-16(19-21)15-8-7-13(3)14(4)11-15/h7-11H,5-6,12H2,1-4H3. The maximum Gasteiger partial charge on any atom is 0.267 e. The Hall–Kier alpha value is -2.43. The molecule has 1 aromatic heterocycles. The molecule has 122 valence electrons. The zero-order valence-corrected chi connectivity index (χ0v) is 14.2. The van der Waals surface area contributed by atoms with Crippen molar-refractivity contribution in [3.05, 3.63) is 51.8 Å². The molecule has 1 aromatic carbocycles. The SMILES string of the molecule is CCN(CC)C(=O)Cn1nc(-c2ccc(C)c(C)c2)ccc1=O. The van der Waals surface area contributed by atoms with Gasteiger partial charge in [0.05, 0.1) is 5.69 Å². The number of nitrogens with zero attached hydrogens (tertiary/aromatic N) is 3. The number of carbonyl (C=O) groups is 1.